The fourth-order valence-electron chi connectivity index (χ4n) is 1.75. The third-order valence-electron chi connectivity index (χ3n) is 2.77. The van der Waals surface area contributed by atoms with Gasteiger partial charge in [0.25, 0.3) is 12.3 Å². The van der Waals surface area contributed by atoms with Crippen LogP contribution < -0.4 is 0 Å². The summed E-state index contributed by atoms with van der Waals surface area (Å²) < 4.78 is 24.9. The van der Waals surface area contributed by atoms with Gasteiger partial charge in [0.1, 0.15) is 11.4 Å². The van der Waals surface area contributed by atoms with Gasteiger partial charge >= 0.3 is 5.97 Å². The molecule has 1 N–H and O–H groups in total. The number of carbonyl (C=O) groups is 2. The third-order valence-corrected chi connectivity index (χ3v) is 2.77. The van der Waals surface area contributed by atoms with Gasteiger partial charge in [-0.2, -0.15) is 0 Å². The van der Waals surface area contributed by atoms with Gasteiger partial charge in [-0.15, -0.1) is 0 Å². The van der Waals surface area contributed by atoms with Gasteiger partial charge in [0.2, 0.25) is 0 Å². The van der Waals surface area contributed by atoms with Crippen LogP contribution in [-0.2, 0) is 0 Å². The number of carboxylic acid groups (broad SMARTS) is 1. The lowest BCUT2D eigenvalue weighted by Crippen LogP contribution is -2.37. The van der Waals surface area contributed by atoms with Crippen molar-refractivity contribution in [2.45, 2.75) is 25.3 Å². The Hall–Kier alpha value is -2.05. The fraction of sp³-hybridized carbons (Fsp3) is 0.417. The van der Waals surface area contributed by atoms with Crippen LogP contribution in [0.4, 0.5) is 8.78 Å². The first kappa shape index (κ1) is 13.4. The summed E-state index contributed by atoms with van der Waals surface area (Å²) in [5.41, 5.74) is -0.397. The smallest absolute Gasteiger partial charge is 0.354 e. The van der Waals surface area contributed by atoms with Crippen LogP contribution in [0.25, 0.3) is 0 Å². The van der Waals surface area contributed by atoms with Crippen LogP contribution in [0.3, 0.4) is 0 Å². The summed E-state index contributed by atoms with van der Waals surface area (Å²) in [7, 11) is 0. The Morgan fingerprint density at radius 3 is 2.53 bits per heavy atom. The van der Waals surface area contributed by atoms with Crippen molar-refractivity contribution < 1.29 is 23.5 Å². The van der Waals surface area contributed by atoms with E-state index in [2.05, 4.69) is 4.98 Å². The first-order valence-corrected chi connectivity index (χ1v) is 5.78. The number of rotatable bonds is 5. The number of nitrogens with zero attached hydrogens (tertiary/aromatic N) is 2. The fourth-order valence-corrected chi connectivity index (χ4v) is 1.75. The van der Waals surface area contributed by atoms with E-state index < -0.39 is 24.8 Å². The second kappa shape index (κ2) is 5.29. The van der Waals surface area contributed by atoms with Crippen LogP contribution in [0.15, 0.2) is 18.2 Å². The van der Waals surface area contributed by atoms with E-state index in [1.807, 2.05) is 0 Å². The maximum Gasteiger partial charge on any atom is 0.354 e. The average Bonchev–Trinajstić information content (AvgIpc) is 3.19. The molecule has 7 heteroatoms. The number of hydrogen-bond donors (Lipinski definition) is 1. The highest BCUT2D eigenvalue weighted by Gasteiger charge is 2.35. The molecule has 1 saturated carbocycles. The first-order valence-electron chi connectivity index (χ1n) is 5.78. The number of halogens is 2. The Kier molecular flexibility index (Phi) is 3.73. The number of alkyl halides is 2. The van der Waals surface area contributed by atoms with Crippen LogP contribution in [0.5, 0.6) is 0 Å². The highest BCUT2D eigenvalue weighted by molar-refractivity contribution is 5.94. The van der Waals surface area contributed by atoms with Gasteiger partial charge < -0.3 is 10.0 Å². The lowest BCUT2D eigenvalue weighted by Gasteiger charge is -2.21. The molecule has 1 fully saturated rings. The van der Waals surface area contributed by atoms with Crippen molar-refractivity contribution in [3.63, 3.8) is 0 Å². The molecule has 0 atom stereocenters. The van der Waals surface area contributed by atoms with E-state index in [0.29, 0.717) is 12.8 Å². The molecule has 1 heterocycles. The van der Waals surface area contributed by atoms with Crippen LogP contribution in [-0.4, -0.2) is 45.9 Å². The number of amides is 1. The Morgan fingerprint density at radius 2 is 2.00 bits per heavy atom. The quantitative estimate of drug-likeness (QED) is 0.883. The number of carboxylic acids is 1. The molecule has 1 amide bonds. The van der Waals surface area contributed by atoms with Crippen LogP contribution in [0, 0.1) is 0 Å². The van der Waals surface area contributed by atoms with E-state index in [9.17, 15) is 18.4 Å². The van der Waals surface area contributed by atoms with Crippen molar-refractivity contribution in [3.8, 4) is 0 Å². The van der Waals surface area contributed by atoms with Crippen LogP contribution >= 0.6 is 0 Å². The molecule has 2 rings (SSSR count). The lowest BCUT2D eigenvalue weighted by molar-refractivity contribution is 0.0528. The number of pyridine rings is 1. The zero-order valence-corrected chi connectivity index (χ0v) is 9.92. The molecule has 0 aliphatic heterocycles. The Morgan fingerprint density at radius 1 is 1.37 bits per heavy atom. The predicted octanol–water partition coefficient (Wildman–Crippen LogP) is 1.65. The summed E-state index contributed by atoms with van der Waals surface area (Å²) in [6, 6.07) is 3.76. The van der Waals surface area contributed by atoms with Crippen molar-refractivity contribution in [1.29, 1.82) is 0 Å². The first-order chi connectivity index (χ1) is 8.99. The Bertz CT molecular complexity index is 504. The minimum absolute atomic E-state index is 0.118. The van der Waals surface area contributed by atoms with E-state index in [0.717, 1.165) is 4.90 Å². The molecule has 0 bridgehead atoms. The average molecular weight is 270 g/mol. The molecule has 5 nitrogen and oxygen atoms in total. The van der Waals surface area contributed by atoms with Gasteiger partial charge in [0.15, 0.2) is 0 Å². The van der Waals surface area contributed by atoms with Gasteiger partial charge in [-0.05, 0) is 25.0 Å². The minimum Gasteiger partial charge on any atom is -0.477 e. The van der Waals surface area contributed by atoms with Crippen molar-refractivity contribution in [2.24, 2.45) is 0 Å². The summed E-state index contributed by atoms with van der Waals surface area (Å²) in [4.78, 5) is 27.6. The van der Waals surface area contributed by atoms with Crippen molar-refractivity contribution in [2.75, 3.05) is 6.54 Å². The van der Waals surface area contributed by atoms with E-state index in [4.69, 9.17) is 5.11 Å². The van der Waals surface area contributed by atoms with E-state index in [-0.39, 0.29) is 17.4 Å². The summed E-state index contributed by atoms with van der Waals surface area (Å²) in [6.45, 7) is -0.650. The molecule has 0 saturated heterocycles. The highest BCUT2D eigenvalue weighted by Crippen LogP contribution is 2.28. The van der Waals surface area contributed by atoms with Crippen molar-refractivity contribution in [3.05, 3.63) is 29.6 Å². The molecular formula is C12H12F2N2O3. The Balaban J connectivity index is 2.21. The molecule has 19 heavy (non-hydrogen) atoms. The number of carbonyl (C=O) groups excluding carboxylic acids is 1. The molecule has 1 aliphatic rings. The molecule has 0 unspecified atom stereocenters. The van der Waals surface area contributed by atoms with Gasteiger partial charge in [-0.1, -0.05) is 6.07 Å². The van der Waals surface area contributed by atoms with Crippen LogP contribution in [0.2, 0.25) is 0 Å². The molecule has 0 aromatic carbocycles. The van der Waals surface area contributed by atoms with E-state index >= 15 is 0 Å². The maximum atomic E-state index is 12.4. The highest BCUT2D eigenvalue weighted by atomic mass is 19.3. The molecular weight excluding hydrogens is 258 g/mol. The van der Waals surface area contributed by atoms with E-state index in [1.165, 1.54) is 18.2 Å². The van der Waals surface area contributed by atoms with Crippen molar-refractivity contribution >= 4 is 11.9 Å². The second-order valence-corrected chi connectivity index (χ2v) is 4.29. The molecule has 0 radical (unpaired) electrons. The zero-order valence-electron chi connectivity index (χ0n) is 9.92. The van der Waals surface area contributed by atoms with Gasteiger partial charge in [0, 0.05) is 6.04 Å². The summed E-state index contributed by atoms with van der Waals surface area (Å²) in [5, 5.41) is 8.79. The van der Waals surface area contributed by atoms with Crippen molar-refractivity contribution in [1.82, 2.24) is 9.88 Å². The topological polar surface area (TPSA) is 70.5 Å². The SMILES string of the molecule is O=C(O)c1cccc(C(=O)N(CC(F)F)C2CC2)n1. The standard InChI is InChI=1S/C12H12F2N2O3/c13-10(14)6-16(7-4-5-7)11(17)8-2-1-3-9(15-8)12(18)19/h1-3,7,10H,4-6H2,(H,18,19). The lowest BCUT2D eigenvalue weighted by atomic mass is 10.2. The molecule has 1 aliphatic carbocycles. The Labute approximate surface area is 107 Å². The summed E-state index contributed by atoms with van der Waals surface area (Å²) >= 11 is 0. The van der Waals surface area contributed by atoms with E-state index in [1.54, 1.807) is 0 Å². The molecule has 1 aromatic heterocycles. The molecule has 1 aromatic rings. The number of aromatic nitrogens is 1. The monoisotopic (exact) mass is 270 g/mol. The summed E-state index contributed by atoms with van der Waals surface area (Å²) in [5.74, 6) is -1.91. The third kappa shape index (κ3) is 3.24. The predicted molar refractivity (Wildman–Crippen MR) is 61.3 cm³/mol. The second-order valence-electron chi connectivity index (χ2n) is 4.29. The maximum absolute atomic E-state index is 12.4. The minimum atomic E-state index is -2.62. The van der Waals surface area contributed by atoms with Crippen LogP contribution in [0.1, 0.15) is 33.8 Å². The largest absolute Gasteiger partial charge is 0.477 e. The molecule has 102 valence electrons. The van der Waals surface area contributed by atoms with Gasteiger partial charge in [-0.25, -0.2) is 18.6 Å². The van der Waals surface area contributed by atoms with Gasteiger partial charge in [0.05, 0.1) is 6.54 Å². The number of aromatic carboxylic acids is 1. The zero-order chi connectivity index (χ0) is 14.0. The molecule has 0 spiro atoms. The normalized spacial score (nSPS) is 14.5. The number of hydrogen-bond acceptors (Lipinski definition) is 3. The summed E-state index contributed by atoms with van der Waals surface area (Å²) in [6.07, 6.45) is -1.24. The van der Waals surface area contributed by atoms with Gasteiger partial charge in [-0.3, -0.25) is 4.79 Å².